The molecule has 1 aromatic carbocycles. The maximum atomic E-state index is 12.0. The quantitative estimate of drug-likeness (QED) is 0.553. The van der Waals surface area contributed by atoms with Crippen LogP contribution in [0.3, 0.4) is 0 Å². The van der Waals surface area contributed by atoms with Crippen molar-refractivity contribution in [1.29, 1.82) is 0 Å². The van der Waals surface area contributed by atoms with E-state index in [2.05, 4.69) is 4.72 Å². The summed E-state index contributed by atoms with van der Waals surface area (Å²) < 4.78 is 26.5. The molecule has 0 saturated carbocycles. The van der Waals surface area contributed by atoms with Crippen LogP contribution in [-0.2, 0) is 14.8 Å². The first-order valence-electron chi connectivity index (χ1n) is 6.21. The number of aliphatic carboxylic acids is 1. The molecule has 0 spiro atoms. The third-order valence-corrected chi connectivity index (χ3v) is 4.35. The van der Waals surface area contributed by atoms with Crippen LogP contribution in [0.5, 0.6) is 0 Å². The van der Waals surface area contributed by atoms with Gasteiger partial charge in [0, 0.05) is 24.6 Å². The molecule has 9 heteroatoms. The van der Waals surface area contributed by atoms with Crippen LogP contribution in [0.4, 0.5) is 5.69 Å². The summed E-state index contributed by atoms with van der Waals surface area (Å²) in [5.74, 6) is -0.930. The minimum atomic E-state index is -3.77. The molecule has 0 aromatic heterocycles. The van der Waals surface area contributed by atoms with Crippen molar-refractivity contribution in [3.63, 3.8) is 0 Å². The maximum absolute atomic E-state index is 12.0. The summed E-state index contributed by atoms with van der Waals surface area (Å²) in [6.45, 7) is 1.63. The molecule has 8 nitrogen and oxygen atoms in total. The summed E-state index contributed by atoms with van der Waals surface area (Å²) in [4.78, 5) is 20.2. The molecule has 1 rings (SSSR count). The molecule has 1 aromatic rings. The largest absolute Gasteiger partial charge is 0.481 e. The maximum Gasteiger partial charge on any atom is 0.303 e. The molecular formula is C12H16N2O6S. The highest BCUT2D eigenvalue weighted by Crippen LogP contribution is 2.16. The van der Waals surface area contributed by atoms with Crippen LogP contribution in [0.1, 0.15) is 26.2 Å². The number of carboxylic acids is 1. The van der Waals surface area contributed by atoms with Crippen LogP contribution in [0.15, 0.2) is 29.2 Å². The molecular weight excluding hydrogens is 300 g/mol. The van der Waals surface area contributed by atoms with Crippen molar-refractivity contribution in [2.75, 3.05) is 0 Å². The fourth-order valence-corrected chi connectivity index (χ4v) is 2.98. The number of nitrogens with one attached hydrogen (secondary N) is 1. The molecule has 0 fully saturated rings. The van der Waals surface area contributed by atoms with E-state index in [0.29, 0.717) is 12.8 Å². The number of non-ortho nitro benzene ring substituents is 1. The van der Waals surface area contributed by atoms with Gasteiger partial charge >= 0.3 is 5.97 Å². The van der Waals surface area contributed by atoms with Crippen LogP contribution < -0.4 is 4.72 Å². The lowest BCUT2D eigenvalue weighted by molar-refractivity contribution is -0.384. The van der Waals surface area contributed by atoms with Crippen molar-refractivity contribution in [2.45, 2.75) is 37.1 Å². The molecule has 0 aliphatic carbocycles. The van der Waals surface area contributed by atoms with E-state index in [0.717, 1.165) is 24.3 Å². The van der Waals surface area contributed by atoms with E-state index >= 15 is 0 Å². The predicted octanol–water partition coefficient (Wildman–Crippen LogP) is 1.52. The molecule has 0 aliphatic rings. The topological polar surface area (TPSA) is 127 Å². The van der Waals surface area contributed by atoms with E-state index < -0.39 is 27.0 Å². The van der Waals surface area contributed by atoms with Crippen LogP contribution in [0.2, 0.25) is 0 Å². The Morgan fingerprint density at radius 3 is 2.43 bits per heavy atom. The van der Waals surface area contributed by atoms with Gasteiger partial charge in [-0.15, -0.1) is 0 Å². The highest BCUT2D eigenvalue weighted by atomic mass is 32.2. The fourth-order valence-electron chi connectivity index (χ4n) is 1.70. The number of hydrogen-bond donors (Lipinski definition) is 2. The third-order valence-electron chi connectivity index (χ3n) is 2.74. The number of nitro benzene ring substituents is 1. The SMILES string of the molecule is CC(CCCC(=O)O)NS(=O)(=O)c1ccc([N+](=O)[O-])cc1. The zero-order valence-electron chi connectivity index (χ0n) is 11.4. The Labute approximate surface area is 122 Å². The van der Waals surface area contributed by atoms with Crippen LogP contribution in [0, 0.1) is 10.1 Å². The van der Waals surface area contributed by atoms with Crippen LogP contribution >= 0.6 is 0 Å². The Kier molecular flexibility index (Phi) is 5.79. The number of benzene rings is 1. The minimum Gasteiger partial charge on any atom is -0.481 e. The number of hydrogen-bond acceptors (Lipinski definition) is 5. The number of carboxylic acid groups (broad SMARTS) is 1. The van der Waals surface area contributed by atoms with E-state index in [1.54, 1.807) is 6.92 Å². The van der Waals surface area contributed by atoms with E-state index in [1.165, 1.54) is 0 Å². The zero-order chi connectivity index (χ0) is 16.0. The standard InChI is InChI=1S/C12H16N2O6S/c1-9(3-2-4-12(15)16)13-21(19,20)11-7-5-10(6-8-11)14(17)18/h5-9,13H,2-4H2,1H3,(H,15,16). The Balaban J connectivity index is 2.68. The molecule has 2 N–H and O–H groups in total. The van der Waals surface area contributed by atoms with Gasteiger partial charge in [0.25, 0.3) is 5.69 Å². The second-order valence-corrected chi connectivity index (χ2v) is 6.27. The van der Waals surface area contributed by atoms with Gasteiger partial charge in [-0.1, -0.05) is 0 Å². The molecule has 0 bridgehead atoms. The minimum absolute atomic E-state index is 0.0242. The van der Waals surface area contributed by atoms with Gasteiger partial charge in [-0.05, 0) is 31.9 Å². The highest BCUT2D eigenvalue weighted by Gasteiger charge is 2.18. The zero-order valence-corrected chi connectivity index (χ0v) is 12.2. The lowest BCUT2D eigenvalue weighted by atomic mass is 10.1. The molecule has 0 amide bonds. The Hall–Kier alpha value is -2.00. The first-order valence-corrected chi connectivity index (χ1v) is 7.69. The van der Waals surface area contributed by atoms with Crippen molar-refractivity contribution >= 4 is 21.7 Å². The molecule has 0 heterocycles. The van der Waals surface area contributed by atoms with Gasteiger partial charge in [0.1, 0.15) is 0 Å². The Morgan fingerprint density at radius 2 is 1.95 bits per heavy atom. The summed E-state index contributed by atoms with van der Waals surface area (Å²) in [6.07, 6.45) is 0.724. The van der Waals surface area contributed by atoms with Gasteiger partial charge < -0.3 is 5.11 Å². The third kappa shape index (κ3) is 5.48. The van der Waals surface area contributed by atoms with E-state index in [4.69, 9.17) is 5.11 Å². The van der Waals surface area contributed by atoms with E-state index in [1.807, 2.05) is 0 Å². The summed E-state index contributed by atoms with van der Waals surface area (Å²) in [5.41, 5.74) is -0.191. The van der Waals surface area contributed by atoms with E-state index in [-0.39, 0.29) is 17.0 Å². The van der Waals surface area contributed by atoms with Gasteiger partial charge in [0.15, 0.2) is 0 Å². The average molecular weight is 316 g/mol. The normalized spacial score (nSPS) is 12.8. The number of carbonyl (C=O) groups is 1. The van der Waals surface area contributed by atoms with Crippen LogP contribution in [0.25, 0.3) is 0 Å². The summed E-state index contributed by atoms with van der Waals surface area (Å²) in [5, 5.41) is 19.0. The van der Waals surface area contributed by atoms with Crippen molar-refractivity contribution < 1.29 is 23.2 Å². The summed E-state index contributed by atoms with van der Waals surface area (Å²) in [6, 6.07) is 4.12. The Bertz CT molecular complexity index is 611. The number of nitro groups is 1. The number of sulfonamides is 1. The van der Waals surface area contributed by atoms with Gasteiger partial charge in [-0.3, -0.25) is 14.9 Å². The van der Waals surface area contributed by atoms with Crippen molar-refractivity contribution in [1.82, 2.24) is 4.72 Å². The summed E-state index contributed by atoms with van der Waals surface area (Å²) in [7, 11) is -3.77. The second-order valence-electron chi connectivity index (χ2n) is 4.56. The van der Waals surface area contributed by atoms with E-state index in [9.17, 15) is 23.3 Å². The number of rotatable bonds is 8. The lowest BCUT2D eigenvalue weighted by Crippen LogP contribution is -2.32. The predicted molar refractivity (Wildman–Crippen MR) is 74.4 cm³/mol. The number of nitrogens with zero attached hydrogens (tertiary/aromatic N) is 1. The van der Waals surface area contributed by atoms with Gasteiger partial charge in [-0.2, -0.15) is 0 Å². The molecule has 0 saturated heterocycles. The first-order chi connectivity index (χ1) is 9.72. The molecule has 0 aliphatic heterocycles. The monoisotopic (exact) mass is 316 g/mol. The fraction of sp³-hybridized carbons (Fsp3) is 0.417. The van der Waals surface area contributed by atoms with Gasteiger partial charge in [-0.25, -0.2) is 13.1 Å². The second kappa shape index (κ2) is 7.14. The Morgan fingerprint density at radius 1 is 1.38 bits per heavy atom. The smallest absolute Gasteiger partial charge is 0.303 e. The van der Waals surface area contributed by atoms with Crippen LogP contribution in [-0.4, -0.2) is 30.5 Å². The molecule has 21 heavy (non-hydrogen) atoms. The highest BCUT2D eigenvalue weighted by molar-refractivity contribution is 7.89. The molecule has 1 atom stereocenters. The lowest BCUT2D eigenvalue weighted by Gasteiger charge is -2.13. The van der Waals surface area contributed by atoms with Gasteiger partial charge in [0.2, 0.25) is 10.0 Å². The summed E-state index contributed by atoms with van der Waals surface area (Å²) >= 11 is 0. The van der Waals surface area contributed by atoms with Gasteiger partial charge in [0.05, 0.1) is 9.82 Å². The van der Waals surface area contributed by atoms with Crippen molar-refractivity contribution in [3.8, 4) is 0 Å². The van der Waals surface area contributed by atoms with Crippen molar-refractivity contribution in [3.05, 3.63) is 34.4 Å². The molecule has 0 radical (unpaired) electrons. The van der Waals surface area contributed by atoms with Crippen molar-refractivity contribution in [2.24, 2.45) is 0 Å². The molecule has 116 valence electrons. The average Bonchev–Trinajstić information content (AvgIpc) is 2.37. The molecule has 1 unspecified atom stereocenters. The first kappa shape index (κ1) is 17.1.